The Morgan fingerprint density at radius 2 is 1.97 bits per heavy atom. The van der Waals surface area contributed by atoms with Crippen LogP contribution in [-0.4, -0.2) is 79.8 Å². The number of ether oxygens (including phenoxy) is 1. The van der Waals surface area contributed by atoms with Crippen LogP contribution < -0.4 is 0 Å². The molecule has 2 fully saturated rings. The van der Waals surface area contributed by atoms with E-state index in [9.17, 15) is 22.8 Å². The summed E-state index contributed by atoms with van der Waals surface area (Å²) in [7, 11) is -3.12. The van der Waals surface area contributed by atoms with E-state index >= 15 is 0 Å². The third-order valence-corrected chi connectivity index (χ3v) is 7.66. The van der Waals surface area contributed by atoms with Crippen molar-refractivity contribution >= 4 is 27.6 Å². The zero-order chi connectivity index (χ0) is 22.4. The van der Waals surface area contributed by atoms with Crippen LogP contribution in [0.1, 0.15) is 49.6 Å². The van der Waals surface area contributed by atoms with Gasteiger partial charge in [0.2, 0.25) is 0 Å². The van der Waals surface area contributed by atoms with Crippen molar-refractivity contribution in [1.29, 1.82) is 0 Å². The van der Waals surface area contributed by atoms with Crippen molar-refractivity contribution < 1.29 is 32.0 Å². The Balaban J connectivity index is 1.47. The molecule has 0 saturated carbocycles. The number of amides is 2. The van der Waals surface area contributed by atoms with Gasteiger partial charge in [-0.25, -0.2) is 8.42 Å². The van der Waals surface area contributed by atoms with Gasteiger partial charge in [-0.1, -0.05) is 13.3 Å². The second-order valence-electron chi connectivity index (χ2n) is 8.15. The number of piperidine rings is 1. The predicted octanol–water partition coefficient (Wildman–Crippen LogP) is 1.49. The van der Waals surface area contributed by atoms with E-state index in [0.29, 0.717) is 38.9 Å². The van der Waals surface area contributed by atoms with Crippen molar-refractivity contribution in [2.75, 3.05) is 37.7 Å². The summed E-state index contributed by atoms with van der Waals surface area (Å²) in [6.07, 6.45) is 4.42. The standard InChI is InChI=1S/C21H30N2O7S/c1-2-3-9-23(17-8-13-31(27,28)15-17)19(24)14-30-21(26)16-6-10-22(11-7-16)20(25)18-5-4-12-29-18/h4-5,12,16-17H,2-3,6-11,13-15H2,1H3. The Bertz CT molecular complexity index is 874. The Morgan fingerprint density at radius 1 is 1.23 bits per heavy atom. The van der Waals surface area contributed by atoms with E-state index in [1.807, 2.05) is 6.92 Å². The molecule has 2 aliphatic rings. The van der Waals surface area contributed by atoms with Gasteiger partial charge in [0, 0.05) is 25.7 Å². The Kier molecular flexibility index (Phi) is 7.74. The first-order valence-corrected chi connectivity index (χ1v) is 12.6. The molecule has 0 radical (unpaired) electrons. The number of unbranched alkanes of at least 4 members (excludes halogenated alkanes) is 1. The summed E-state index contributed by atoms with van der Waals surface area (Å²) in [6.45, 7) is 2.90. The zero-order valence-corrected chi connectivity index (χ0v) is 18.6. The minimum Gasteiger partial charge on any atom is -0.459 e. The highest BCUT2D eigenvalue weighted by Gasteiger charge is 2.35. The summed E-state index contributed by atoms with van der Waals surface area (Å²) in [6, 6.07) is 2.91. The van der Waals surface area contributed by atoms with Crippen molar-refractivity contribution in [3.05, 3.63) is 24.2 Å². The molecule has 1 atom stereocenters. The first-order chi connectivity index (χ1) is 14.8. The highest BCUT2D eigenvalue weighted by molar-refractivity contribution is 7.91. The zero-order valence-electron chi connectivity index (χ0n) is 17.8. The van der Waals surface area contributed by atoms with Gasteiger partial charge < -0.3 is 19.0 Å². The lowest BCUT2D eigenvalue weighted by molar-refractivity contribution is -0.157. The number of esters is 1. The molecule has 1 aromatic rings. The highest BCUT2D eigenvalue weighted by atomic mass is 32.2. The molecule has 1 aromatic heterocycles. The van der Waals surface area contributed by atoms with Crippen LogP contribution in [0.4, 0.5) is 0 Å². The third-order valence-electron chi connectivity index (χ3n) is 5.91. The number of rotatable bonds is 8. The lowest BCUT2D eigenvalue weighted by Gasteiger charge is -2.31. The van der Waals surface area contributed by atoms with Gasteiger partial charge in [0.25, 0.3) is 11.8 Å². The second-order valence-corrected chi connectivity index (χ2v) is 10.4. The van der Waals surface area contributed by atoms with Crippen LogP contribution in [-0.2, 0) is 24.2 Å². The molecule has 2 saturated heterocycles. The van der Waals surface area contributed by atoms with Crippen molar-refractivity contribution in [1.82, 2.24) is 9.80 Å². The fourth-order valence-electron chi connectivity index (χ4n) is 4.07. The quantitative estimate of drug-likeness (QED) is 0.547. The van der Waals surface area contributed by atoms with Crippen LogP contribution in [0, 0.1) is 5.92 Å². The van der Waals surface area contributed by atoms with E-state index < -0.39 is 15.8 Å². The molecule has 0 bridgehead atoms. The van der Waals surface area contributed by atoms with Gasteiger partial charge in [-0.2, -0.15) is 0 Å². The normalized spacial score (nSPS) is 21.1. The lowest BCUT2D eigenvalue weighted by atomic mass is 9.97. The average molecular weight is 455 g/mol. The minimum absolute atomic E-state index is 0.0292. The molecule has 0 spiro atoms. The van der Waals surface area contributed by atoms with E-state index in [1.54, 1.807) is 21.9 Å². The summed E-state index contributed by atoms with van der Waals surface area (Å²) < 4.78 is 34.0. The monoisotopic (exact) mass is 454 g/mol. The van der Waals surface area contributed by atoms with E-state index in [0.717, 1.165) is 12.8 Å². The van der Waals surface area contributed by atoms with Crippen LogP contribution in [0.2, 0.25) is 0 Å². The molecule has 10 heteroatoms. The molecule has 0 N–H and O–H groups in total. The molecule has 2 aliphatic heterocycles. The topological polar surface area (TPSA) is 114 Å². The van der Waals surface area contributed by atoms with Crippen molar-refractivity contribution in [3.63, 3.8) is 0 Å². The summed E-state index contributed by atoms with van der Waals surface area (Å²) in [5.41, 5.74) is 0. The summed E-state index contributed by atoms with van der Waals surface area (Å²) in [4.78, 5) is 40.7. The molecule has 31 heavy (non-hydrogen) atoms. The number of hydrogen-bond acceptors (Lipinski definition) is 7. The van der Waals surface area contributed by atoms with Gasteiger partial charge in [-0.15, -0.1) is 0 Å². The van der Waals surface area contributed by atoms with Crippen LogP contribution in [0.3, 0.4) is 0 Å². The molecule has 0 aliphatic carbocycles. The maximum absolute atomic E-state index is 12.7. The summed E-state index contributed by atoms with van der Waals surface area (Å²) in [5.74, 6) is -1.05. The fraction of sp³-hybridized carbons (Fsp3) is 0.667. The molecular weight excluding hydrogens is 424 g/mol. The number of sulfone groups is 1. The van der Waals surface area contributed by atoms with Gasteiger partial charge in [0.15, 0.2) is 22.2 Å². The van der Waals surface area contributed by atoms with Crippen LogP contribution in [0.15, 0.2) is 22.8 Å². The Hall–Kier alpha value is -2.36. The minimum atomic E-state index is -3.12. The SMILES string of the molecule is CCCCN(C(=O)COC(=O)C1CCN(C(=O)c2ccco2)CC1)C1CCS(=O)(=O)C1. The number of hydrogen-bond donors (Lipinski definition) is 0. The Labute approximate surface area is 182 Å². The van der Waals surface area contributed by atoms with Gasteiger partial charge >= 0.3 is 5.97 Å². The highest BCUT2D eigenvalue weighted by Crippen LogP contribution is 2.22. The van der Waals surface area contributed by atoms with E-state index in [-0.39, 0.29) is 47.6 Å². The molecule has 0 aromatic carbocycles. The van der Waals surface area contributed by atoms with E-state index in [4.69, 9.17) is 9.15 Å². The molecule has 3 rings (SSSR count). The molecule has 2 amide bonds. The number of carbonyl (C=O) groups is 3. The molecule has 1 unspecified atom stereocenters. The van der Waals surface area contributed by atoms with Crippen LogP contribution in [0.25, 0.3) is 0 Å². The van der Waals surface area contributed by atoms with Gasteiger partial charge in [0.1, 0.15) is 0 Å². The van der Waals surface area contributed by atoms with Crippen molar-refractivity contribution in [2.45, 2.75) is 45.1 Å². The summed E-state index contributed by atoms with van der Waals surface area (Å²) >= 11 is 0. The maximum Gasteiger partial charge on any atom is 0.309 e. The maximum atomic E-state index is 12.7. The summed E-state index contributed by atoms with van der Waals surface area (Å²) in [5, 5.41) is 0. The van der Waals surface area contributed by atoms with Gasteiger partial charge in [-0.3, -0.25) is 14.4 Å². The molecule has 9 nitrogen and oxygen atoms in total. The van der Waals surface area contributed by atoms with Crippen LogP contribution >= 0.6 is 0 Å². The number of nitrogens with zero attached hydrogens (tertiary/aromatic N) is 2. The largest absolute Gasteiger partial charge is 0.459 e. The number of carbonyl (C=O) groups excluding carboxylic acids is 3. The van der Waals surface area contributed by atoms with E-state index in [1.165, 1.54) is 6.26 Å². The average Bonchev–Trinajstić information content (AvgIpc) is 3.41. The lowest BCUT2D eigenvalue weighted by Crippen LogP contribution is -2.44. The second kappa shape index (κ2) is 10.3. The molecule has 172 valence electrons. The first-order valence-electron chi connectivity index (χ1n) is 10.8. The van der Waals surface area contributed by atoms with E-state index in [2.05, 4.69) is 0 Å². The predicted molar refractivity (Wildman–Crippen MR) is 112 cm³/mol. The van der Waals surface area contributed by atoms with Crippen molar-refractivity contribution in [3.8, 4) is 0 Å². The molecular formula is C21H30N2O7S. The van der Waals surface area contributed by atoms with Gasteiger partial charge in [-0.05, 0) is 37.8 Å². The van der Waals surface area contributed by atoms with Gasteiger partial charge in [0.05, 0.1) is 23.7 Å². The number of likely N-dealkylation sites (tertiary alicyclic amines) is 1. The fourth-order valence-corrected chi connectivity index (χ4v) is 5.80. The first kappa shape index (κ1) is 23.3. The smallest absolute Gasteiger partial charge is 0.309 e. The number of furan rings is 1. The van der Waals surface area contributed by atoms with Crippen molar-refractivity contribution in [2.24, 2.45) is 5.92 Å². The third kappa shape index (κ3) is 6.09. The molecule has 3 heterocycles. The van der Waals surface area contributed by atoms with Crippen LogP contribution in [0.5, 0.6) is 0 Å². The Morgan fingerprint density at radius 3 is 2.55 bits per heavy atom.